The Morgan fingerprint density at radius 3 is 1.14 bits per heavy atom. The predicted octanol–water partition coefficient (Wildman–Crippen LogP) is -0.700. The number of nitrogens with zero attached hydrogens (tertiary/aromatic N) is 2. The van der Waals surface area contributed by atoms with E-state index in [1.54, 1.807) is 0 Å². The monoisotopic (exact) mass is 299 g/mol. The van der Waals surface area contributed by atoms with E-state index in [0.29, 0.717) is 0 Å². The highest BCUT2D eigenvalue weighted by Crippen LogP contribution is 2.01. The Morgan fingerprint density at radius 1 is 0.476 bits per heavy atom. The number of nitrogens with two attached hydrogens (primary N) is 4. The van der Waals surface area contributed by atoms with Gasteiger partial charge in [0.1, 0.15) is 0 Å². The van der Waals surface area contributed by atoms with E-state index in [-0.39, 0.29) is 0 Å². The summed E-state index contributed by atoms with van der Waals surface area (Å²) in [6, 6.07) is 0. The van der Waals surface area contributed by atoms with Crippen molar-refractivity contribution in [2.24, 2.45) is 22.9 Å². The van der Waals surface area contributed by atoms with E-state index >= 15 is 0 Å². The molecule has 0 aliphatic rings. The average Bonchev–Trinajstić information content (AvgIpc) is 2.50. The van der Waals surface area contributed by atoms with Crippen molar-refractivity contribution in [2.45, 2.75) is 38.5 Å². The zero-order valence-corrected chi connectivity index (χ0v) is 13.7. The molecule has 0 bridgehead atoms. The van der Waals surface area contributed by atoms with E-state index in [1.807, 2.05) is 0 Å². The minimum absolute atomic E-state index is 0.733. The first kappa shape index (κ1) is 20.8. The molecule has 0 rings (SSSR count). The molecule has 7 heteroatoms. The van der Waals surface area contributed by atoms with Crippen LogP contribution in [0.15, 0.2) is 0 Å². The normalized spacial score (nSPS) is 11.5. The van der Waals surface area contributed by atoms with Gasteiger partial charge in [-0.1, -0.05) is 0 Å². The van der Waals surface area contributed by atoms with Crippen molar-refractivity contribution in [3.05, 3.63) is 0 Å². The van der Waals surface area contributed by atoms with Crippen LogP contribution in [0.4, 0.5) is 0 Å². The number of rotatable bonds is 16. The zero-order chi connectivity index (χ0) is 15.8. The predicted molar refractivity (Wildman–Crippen MR) is 92.8 cm³/mol. The summed E-state index contributed by atoms with van der Waals surface area (Å²) in [5.41, 5.74) is 22.4. The summed E-state index contributed by atoms with van der Waals surface area (Å²) in [4.78, 5) is 4.75. The maximum Gasteiger partial charge on any atom is 0.313 e. The number of hydrogen-bond donors (Lipinski definition) is 4. The minimum atomic E-state index is 0.733. The van der Waals surface area contributed by atoms with E-state index < -0.39 is 0 Å². The van der Waals surface area contributed by atoms with Crippen molar-refractivity contribution in [1.82, 2.24) is 9.62 Å². The molecule has 0 aliphatic heterocycles. The quantitative estimate of drug-likeness (QED) is 0.222. The molecule has 0 heterocycles. The molecule has 125 valence electrons. The van der Waals surface area contributed by atoms with Gasteiger partial charge in [-0.25, -0.2) is 0 Å². The summed E-state index contributed by atoms with van der Waals surface area (Å²) in [6.45, 7) is 7.11. The van der Waals surface area contributed by atoms with Crippen LogP contribution in [-0.4, -0.2) is 69.5 Å². The van der Waals surface area contributed by atoms with Gasteiger partial charge in [-0.15, -0.1) is 0 Å². The molecule has 0 atom stereocenters. The second-order valence-corrected chi connectivity index (χ2v) is 5.46. The second kappa shape index (κ2) is 16.2. The molecule has 0 unspecified atom stereocenters. The lowest BCUT2D eigenvalue weighted by Gasteiger charge is -2.29. The largest absolute Gasteiger partial charge is 0.332 e. The Morgan fingerprint density at radius 2 is 0.810 bits per heavy atom. The fourth-order valence-corrected chi connectivity index (χ4v) is 2.19. The molecule has 6 nitrogen and oxygen atoms in total. The minimum Gasteiger partial charge on any atom is -0.332 e. The topological polar surface area (TPSA) is 111 Å². The Kier molecular flexibility index (Phi) is 16.1. The van der Waals surface area contributed by atoms with Crippen molar-refractivity contribution in [1.29, 1.82) is 0 Å². The highest BCUT2D eigenvalue weighted by atomic mass is 15.2. The van der Waals surface area contributed by atoms with Gasteiger partial charge in [0, 0.05) is 0 Å². The molecule has 0 aromatic rings. The summed E-state index contributed by atoms with van der Waals surface area (Å²) < 4.78 is 0. The number of unbranched alkanes of at least 4 members (excludes halogenated alkanes) is 2. The third-order valence-electron chi connectivity index (χ3n) is 3.42. The molecule has 0 aromatic carbocycles. The molecule has 8 N–H and O–H groups in total. The van der Waals surface area contributed by atoms with Crippen molar-refractivity contribution in [2.75, 3.05) is 52.4 Å². The molecule has 1 radical (unpaired) electrons. The van der Waals surface area contributed by atoms with Gasteiger partial charge in [-0.3, -0.25) is 0 Å². The average molecular weight is 299 g/mol. The van der Waals surface area contributed by atoms with E-state index in [1.165, 1.54) is 0 Å². The van der Waals surface area contributed by atoms with E-state index in [4.69, 9.17) is 22.9 Å². The Bertz CT molecular complexity index is 188. The third kappa shape index (κ3) is 13.2. The Balaban J connectivity index is 4.22. The lowest BCUT2D eigenvalue weighted by atomic mass is 10.00. The maximum atomic E-state index is 5.64. The summed E-state index contributed by atoms with van der Waals surface area (Å²) in [5.74, 6) is 0. The van der Waals surface area contributed by atoms with E-state index in [2.05, 4.69) is 17.2 Å². The highest BCUT2D eigenvalue weighted by Gasteiger charge is 2.13. The van der Waals surface area contributed by atoms with Crippen LogP contribution in [0.3, 0.4) is 0 Å². The van der Waals surface area contributed by atoms with Gasteiger partial charge in [-0.2, -0.15) is 0 Å². The summed E-state index contributed by atoms with van der Waals surface area (Å²) in [6.07, 6.45) is 6.45. The van der Waals surface area contributed by atoms with Crippen LogP contribution in [0.25, 0.3) is 0 Å². The van der Waals surface area contributed by atoms with Gasteiger partial charge in [0.05, 0.1) is 0 Å². The second-order valence-electron chi connectivity index (χ2n) is 5.46. The van der Waals surface area contributed by atoms with Gasteiger partial charge in [-0.05, 0) is 90.9 Å². The van der Waals surface area contributed by atoms with Crippen LogP contribution in [-0.2, 0) is 0 Å². The van der Waals surface area contributed by atoms with Gasteiger partial charge < -0.3 is 32.6 Å². The molecule has 0 saturated heterocycles. The van der Waals surface area contributed by atoms with Crippen molar-refractivity contribution in [3.8, 4) is 0 Å². The van der Waals surface area contributed by atoms with E-state index in [9.17, 15) is 0 Å². The molecule has 0 amide bonds. The van der Waals surface area contributed by atoms with Crippen LogP contribution in [0.1, 0.15) is 38.5 Å². The molecule has 21 heavy (non-hydrogen) atoms. The maximum absolute atomic E-state index is 5.64. The van der Waals surface area contributed by atoms with E-state index in [0.717, 1.165) is 90.9 Å². The Labute approximate surface area is 131 Å². The summed E-state index contributed by atoms with van der Waals surface area (Å²) in [5, 5.41) is 0. The molecule has 0 spiro atoms. The summed E-state index contributed by atoms with van der Waals surface area (Å²) in [7, 11) is 2.26. The third-order valence-corrected chi connectivity index (χ3v) is 3.42. The molecular formula is C14H36BN6. The van der Waals surface area contributed by atoms with Gasteiger partial charge in [0.15, 0.2) is 0 Å². The van der Waals surface area contributed by atoms with Crippen molar-refractivity contribution in [3.63, 3.8) is 0 Å². The van der Waals surface area contributed by atoms with Crippen LogP contribution >= 0.6 is 0 Å². The molecule has 0 aliphatic carbocycles. The molecule has 0 fully saturated rings. The Hall–Kier alpha value is -0.175. The van der Waals surface area contributed by atoms with Gasteiger partial charge in [0.25, 0.3) is 0 Å². The summed E-state index contributed by atoms with van der Waals surface area (Å²) >= 11 is 0. The lowest BCUT2D eigenvalue weighted by Crippen LogP contribution is -2.44. The van der Waals surface area contributed by atoms with Crippen molar-refractivity contribution < 1.29 is 0 Å². The van der Waals surface area contributed by atoms with Crippen molar-refractivity contribution >= 4 is 7.55 Å². The van der Waals surface area contributed by atoms with Crippen LogP contribution in [0.2, 0.25) is 0 Å². The molecule has 0 aromatic heterocycles. The SMILES string of the molecule is NCCCCN([B]N(CCCN)CCCCN)CCCN. The molecular weight excluding hydrogens is 263 g/mol. The first-order valence-electron chi connectivity index (χ1n) is 8.41. The highest BCUT2D eigenvalue weighted by molar-refractivity contribution is 6.28. The standard InChI is InChI=1S/C14H36BN6/c16-7-1-3-11-20(13-5-9-18)15-21(14-6-10-19)12-4-2-8-17/h1-14,16-19H2. The fourth-order valence-electron chi connectivity index (χ4n) is 2.19. The van der Waals surface area contributed by atoms with Crippen LogP contribution in [0, 0.1) is 0 Å². The van der Waals surface area contributed by atoms with Crippen LogP contribution in [0.5, 0.6) is 0 Å². The molecule has 0 saturated carbocycles. The number of hydrogen-bond acceptors (Lipinski definition) is 6. The lowest BCUT2D eigenvalue weighted by molar-refractivity contribution is 0.345. The first-order chi connectivity index (χ1) is 10.3. The van der Waals surface area contributed by atoms with Gasteiger partial charge in [0.2, 0.25) is 0 Å². The smallest absolute Gasteiger partial charge is 0.313 e. The first-order valence-corrected chi connectivity index (χ1v) is 8.41. The van der Waals surface area contributed by atoms with Gasteiger partial charge >= 0.3 is 7.55 Å². The van der Waals surface area contributed by atoms with Crippen LogP contribution < -0.4 is 22.9 Å². The zero-order valence-electron chi connectivity index (χ0n) is 13.7. The fraction of sp³-hybridized carbons (Fsp3) is 1.00.